The number of hydrogen-bond acceptors (Lipinski definition) is 12. The van der Waals surface area contributed by atoms with Crippen LogP contribution in [0.4, 0.5) is 9.18 Å². The molecule has 1 amide bonds. The molecule has 5 rings (SSSR count). The predicted molar refractivity (Wildman–Crippen MR) is 219 cm³/mol. The van der Waals surface area contributed by atoms with Crippen molar-refractivity contribution in [3.05, 3.63) is 52.4 Å². The molecule has 0 radical (unpaired) electrons. The molecule has 1 aromatic carbocycles. The van der Waals surface area contributed by atoms with Crippen LogP contribution in [0, 0.1) is 17.8 Å². The summed E-state index contributed by atoms with van der Waals surface area (Å²) in [5, 5.41) is 14.8. The third kappa shape index (κ3) is 9.69. The lowest BCUT2D eigenvalue weighted by Crippen LogP contribution is -2.62. The van der Waals surface area contributed by atoms with E-state index in [1.807, 2.05) is 62.3 Å². The average Bonchev–Trinajstić information content (AvgIpc) is 3.77. The number of esters is 1. The van der Waals surface area contributed by atoms with E-state index in [9.17, 15) is 24.3 Å². The second-order valence-corrected chi connectivity index (χ2v) is 18.4. The largest absolute Gasteiger partial charge is 0.458 e. The summed E-state index contributed by atoms with van der Waals surface area (Å²) in [6, 6.07) is 9.97. The number of ketones is 2. The smallest absolute Gasteiger partial charge is 0.408 e. The van der Waals surface area contributed by atoms with Gasteiger partial charge in [-0.05, 0) is 97.5 Å². The zero-order valence-electron chi connectivity index (χ0n) is 35.0. The summed E-state index contributed by atoms with van der Waals surface area (Å²) in [5.41, 5.74) is -5.00. The first-order chi connectivity index (χ1) is 27.1. The van der Waals surface area contributed by atoms with Gasteiger partial charge in [-0.2, -0.15) is 0 Å². The van der Waals surface area contributed by atoms with Crippen molar-refractivity contribution in [1.82, 2.24) is 10.2 Å². The molecule has 13 atom stereocenters. The molecule has 3 aliphatic rings. The molecular weight excluding hydrogens is 791 g/mol. The highest BCUT2D eigenvalue weighted by Gasteiger charge is 2.59. The number of alkyl halides is 1. The highest BCUT2D eigenvalue weighted by atomic mass is 35.5. The van der Waals surface area contributed by atoms with Gasteiger partial charge in [-0.25, -0.2) is 9.18 Å². The summed E-state index contributed by atoms with van der Waals surface area (Å²) in [5.74, 6) is -6.04. The van der Waals surface area contributed by atoms with E-state index in [-0.39, 0.29) is 25.2 Å². The maximum Gasteiger partial charge on any atom is 0.408 e. The first-order valence-corrected chi connectivity index (χ1v) is 21.1. The Morgan fingerprint density at radius 3 is 2.43 bits per heavy atom. The normalized spacial score (nSPS) is 38.0. The van der Waals surface area contributed by atoms with E-state index >= 15 is 4.39 Å². The second kappa shape index (κ2) is 18.2. The van der Waals surface area contributed by atoms with Gasteiger partial charge in [0.1, 0.15) is 18.1 Å². The third-order valence-corrected chi connectivity index (χ3v) is 13.3. The van der Waals surface area contributed by atoms with Gasteiger partial charge in [0, 0.05) is 39.1 Å². The second-order valence-electron chi connectivity index (χ2n) is 16.8. The highest BCUT2D eigenvalue weighted by Crippen LogP contribution is 2.43. The maximum absolute atomic E-state index is 17.5. The number of Topliss-reactive ketones (excluding diaryl/α,β-unsaturated/α-hetero) is 2. The molecule has 3 aliphatic heterocycles. The van der Waals surface area contributed by atoms with Gasteiger partial charge >= 0.3 is 12.1 Å². The molecule has 2 aromatic rings. The zero-order valence-corrected chi connectivity index (χ0v) is 36.5. The summed E-state index contributed by atoms with van der Waals surface area (Å²) in [4.78, 5) is 59.1. The number of halogens is 2. The van der Waals surface area contributed by atoms with Crippen LogP contribution in [0.2, 0.25) is 5.02 Å². The minimum absolute atomic E-state index is 0.104. The molecule has 0 unspecified atom stereocenters. The molecule has 2 N–H and O–H groups in total. The summed E-state index contributed by atoms with van der Waals surface area (Å²) in [6.45, 7) is 12.1. The van der Waals surface area contributed by atoms with Crippen molar-refractivity contribution < 1.29 is 52.4 Å². The molecule has 3 fully saturated rings. The lowest BCUT2D eigenvalue weighted by atomic mass is 9.72. The van der Waals surface area contributed by atoms with Gasteiger partial charge in [0.15, 0.2) is 29.1 Å². The van der Waals surface area contributed by atoms with Gasteiger partial charge in [-0.15, -0.1) is 11.3 Å². The van der Waals surface area contributed by atoms with Crippen LogP contribution in [-0.2, 0) is 38.1 Å². The molecular formula is C43H58ClFN2O10S. The average molecular weight is 849 g/mol. The molecule has 3 saturated heterocycles. The number of hydrogen-bond donors (Lipinski definition) is 2. The van der Waals surface area contributed by atoms with E-state index in [2.05, 4.69) is 5.32 Å². The Hall–Kier alpha value is -3.24. The van der Waals surface area contributed by atoms with Crippen LogP contribution in [0.1, 0.15) is 79.5 Å². The van der Waals surface area contributed by atoms with Crippen LogP contribution in [0.15, 0.2) is 42.5 Å². The summed E-state index contributed by atoms with van der Waals surface area (Å²) in [6.07, 6.45) is -2.50. The molecule has 0 spiro atoms. The van der Waals surface area contributed by atoms with Crippen LogP contribution in [0.5, 0.6) is 0 Å². The number of amides is 1. The van der Waals surface area contributed by atoms with Crippen molar-refractivity contribution in [3.8, 4) is 10.4 Å². The van der Waals surface area contributed by atoms with Crippen LogP contribution >= 0.6 is 22.9 Å². The Labute approximate surface area is 349 Å². The fraction of sp³-hybridized carbons (Fsp3) is 0.628. The third-order valence-electron chi connectivity index (χ3n) is 12.0. The van der Waals surface area contributed by atoms with Gasteiger partial charge in [0.25, 0.3) is 0 Å². The Bertz CT molecular complexity index is 1860. The number of likely N-dealkylation sites (N-methyl/N-ethyl adjacent to an activating group) is 1. The fourth-order valence-corrected chi connectivity index (χ4v) is 9.92. The number of ether oxygens (including phenoxy) is 5. The number of rotatable bonds is 9. The molecule has 1 aromatic heterocycles. The molecule has 12 nitrogen and oxygen atoms in total. The highest BCUT2D eigenvalue weighted by molar-refractivity contribution is 7.16. The fourth-order valence-electron chi connectivity index (χ4n) is 8.80. The first kappa shape index (κ1) is 45.8. The minimum Gasteiger partial charge on any atom is -0.458 e. The van der Waals surface area contributed by atoms with Gasteiger partial charge in [-0.3, -0.25) is 14.4 Å². The number of benzene rings is 1. The van der Waals surface area contributed by atoms with Gasteiger partial charge in [0.2, 0.25) is 0 Å². The van der Waals surface area contributed by atoms with Crippen molar-refractivity contribution in [2.45, 2.75) is 134 Å². The summed E-state index contributed by atoms with van der Waals surface area (Å²) in [7, 11) is 3.64. The molecule has 0 aliphatic carbocycles. The van der Waals surface area contributed by atoms with Crippen LogP contribution < -0.4 is 5.32 Å². The minimum atomic E-state index is -2.63. The van der Waals surface area contributed by atoms with Crippen LogP contribution in [0.3, 0.4) is 0 Å². The maximum atomic E-state index is 17.5. The lowest BCUT2D eigenvalue weighted by molar-refractivity contribution is -0.297. The van der Waals surface area contributed by atoms with Gasteiger partial charge < -0.3 is 39.0 Å². The first-order valence-electron chi connectivity index (χ1n) is 19.9. The Kier molecular flexibility index (Phi) is 14.4. The van der Waals surface area contributed by atoms with E-state index in [1.165, 1.54) is 32.1 Å². The number of nitrogens with one attached hydrogen (secondary N) is 1. The zero-order chi connectivity index (χ0) is 42.9. The Balaban J connectivity index is 1.57. The molecule has 58 heavy (non-hydrogen) atoms. The van der Waals surface area contributed by atoms with Crippen molar-refractivity contribution in [2.75, 3.05) is 20.7 Å². The Morgan fingerprint density at radius 1 is 1.07 bits per heavy atom. The number of aliphatic hydroxyl groups excluding tert-OH is 1. The SMILES string of the molecule is CC[C@H]1OC(=O)[C@H](C)C(=O)[C@H](C)[C@@H](O[C@@H]2O[C@H](C)C[C@H](N(C)C)[C@H]2O)[C@](C)(OC/C=C/c2ccc(-c3cccc(Cl)c3)s2)C[C@](C)(F)C(=O)[C@H](C)[C@@H]2NC(=O)O[C@]12C. The summed E-state index contributed by atoms with van der Waals surface area (Å²) < 4.78 is 48.4. The number of carbonyl (C=O) groups is 4. The molecule has 320 valence electrons. The quantitative estimate of drug-likeness (QED) is 0.198. The van der Waals surface area contributed by atoms with Gasteiger partial charge in [-0.1, -0.05) is 50.6 Å². The van der Waals surface area contributed by atoms with E-state index in [0.29, 0.717) is 11.4 Å². The van der Waals surface area contributed by atoms with Crippen LogP contribution in [-0.4, -0.2) is 114 Å². The lowest BCUT2D eigenvalue weighted by Gasteiger charge is -2.48. The predicted octanol–water partition coefficient (Wildman–Crippen LogP) is 7.04. The summed E-state index contributed by atoms with van der Waals surface area (Å²) >= 11 is 7.75. The van der Waals surface area contributed by atoms with Gasteiger partial charge in [0.05, 0.1) is 30.5 Å². The van der Waals surface area contributed by atoms with E-state index in [4.69, 9.17) is 35.3 Å². The van der Waals surface area contributed by atoms with Crippen LogP contribution in [0.25, 0.3) is 16.5 Å². The number of thiophene rings is 1. The number of fused-ring (bicyclic) bond motifs is 1. The van der Waals surface area contributed by atoms with E-state index < -0.39 is 95.3 Å². The number of carbonyl (C=O) groups excluding carboxylic acids is 4. The van der Waals surface area contributed by atoms with E-state index in [0.717, 1.165) is 22.2 Å². The number of nitrogens with zero attached hydrogens (tertiary/aromatic N) is 1. The van der Waals surface area contributed by atoms with Crippen molar-refractivity contribution in [2.24, 2.45) is 17.8 Å². The Morgan fingerprint density at radius 2 is 1.78 bits per heavy atom. The van der Waals surface area contributed by atoms with Crippen molar-refractivity contribution in [3.63, 3.8) is 0 Å². The molecule has 4 heterocycles. The number of aliphatic hydroxyl groups is 1. The molecule has 15 heteroatoms. The standard InChI is InChI=1S/C43H58ClFN2O10S/c1-11-32-43(8)35(46-40(52)57-43)26(5)36(50)41(6,45)22-42(7,53-19-13-16-29-17-18-31(58-29)27-14-12-15-28(44)21-27)37(24(3)33(48)25(4)38(51)55-32)56-39-34(49)30(47(9)10)20-23(2)54-39/h12-18,21,23-26,30,32,34-35,37,39,49H,11,19-20,22H2,1-10H3,(H,46,52)/b16-13+/t23-,24+,25-,26-,30+,32-,34-,35+,37-,39+,41+,42-,43-/m1/s1. The number of alkyl carbamates (subject to hydrolysis) is 1. The van der Waals surface area contributed by atoms with Crippen molar-refractivity contribution >= 4 is 52.6 Å². The number of cyclic esters (lactones) is 1. The molecule has 0 saturated carbocycles. The van der Waals surface area contributed by atoms with E-state index in [1.54, 1.807) is 32.9 Å². The topological polar surface area (TPSA) is 150 Å². The molecule has 0 bridgehead atoms. The van der Waals surface area contributed by atoms with Crippen molar-refractivity contribution in [1.29, 1.82) is 0 Å². The monoisotopic (exact) mass is 848 g/mol.